The van der Waals surface area contributed by atoms with Gasteiger partial charge < -0.3 is 9.64 Å². The van der Waals surface area contributed by atoms with E-state index in [1.54, 1.807) is 13.0 Å². The van der Waals surface area contributed by atoms with Crippen molar-refractivity contribution in [2.45, 2.75) is 32.7 Å². The topological polar surface area (TPSA) is 29.5 Å². The zero-order valence-corrected chi connectivity index (χ0v) is 10.8. The molecule has 98 valence electrons. The lowest BCUT2D eigenvalue weighted by Crippen LogP contribution is -2.41. The molecule has 0 spiro atoms. The molecule has 4 heteroatoms. The van der Waals surface area contributed by atoms with Gasteiger partial charge in [0.25, 0.3) is 0 Å². The molecule has 1 aromatic carbocycles. The van der Waals surface area contributed by atoms with Crippen molar-refractivity contribution in [1.29, 1.82) is 0 Å². The average molecular weight is 251 g/mol. The number of carbonyl (C=O) groups is 1. The first-order chi connectivity index (χ1) is 8.67. The van der Waals surface area contributed by atoms with Gasteiger partial charge in [-0.1, -0.05) is 13.0 Å². The summed E-state index contributed by atoms with van der Waals surface area (Å²) in [5.41, 5.74) is 1.93. The fourth-order valence-electron chi connectivity index (χ4n) is 2.45. The Morgan fingerprint density at radius 2 is 2.28 bits per heavy atom. The van der Waals surface area contributed by atoms with Crippen molar-refractivity contribution in [3.05, 3.63) is 29.6 Å². The first-order valence-electron chi connectivity index (χ1n) is 6.39. The quantitative estimate of drug-likeness (QED) is 0.770. The molecular weight excluding hydrogens is 233 g/mol. The molecule has 1 heterocycles. The van der Waals surface area contributed by atoms with Gasteiger partial charge in [0.2, 0.25) is 0 Å². The molecule has 0 radical (unpaired) electrons. The normalized spacial score (nSPS) is 15.4. The van der Waals surface area contributed by atoms with Gasteiger partial charge >= 0.3 is 5.97 Å². The largest absolute Gasteiger partial charge is 0.464 e. The van der Waals surface area contributed by atoms with Crippen LogP contribution in [0.15, 0.2) is 18.2 Å². The van der Waals surface area contributed by atoms with Crippen LogP contribution in [0.4, 0.5) is 10.1 Å². The van der Waals surface area contributed by atoms with Crippen LogP contribution in [-0.4, -0.2) is 25.2 Å². The molecule has 0 aliphatic carbocycles. The van der Waals surface area contributed by atoms with Crippen molar-refractivity contribution in [3.8, 4) is 0 Å². The van der Waals surface area contributed by atoms with E-state index in [1.807, 2.05) is 11.8 Å². The summed E-state index contributed by atoms with van der Waals surface area (Å²) in [6.45, 7) is 4.86. The zero-order valence-electron chi connectivity index (χ0n) is 10.8. The van der Waals surface area contributed by atoms with E-state index in [9.17, 15) is 9.18 Å². The lowest BCUT2D eigenvalue weighted by Gasteiger charge is -2.27. The van der Waals surface area contributed by atoms with E-state index in [0.29, 0.717) is 13.0 Å². The van der Waals surface area contributed by atoms with Crippen molar-refractivity contribution >= 4 is 11.7 Å². The molecule has 0 amide bonds. The van der Waals surface area contributed by atoms with Crippen molar-refractivity contribution in [2.24, 2.45) is 0 Å². The summed E-state index contributed by atoms with van der Waals surface area (Å²) in [6, 6.07) is 4.45. The van der Waals surface area contributed by atoms with E-state index < -0.39 is 0 Å². The first kappa shape index (κ1) is 12.9. The molecule has 0 saturated carbocycles. The van der Waals surface area contributed by atoms with E-state index in [2.05, 4.69) is 0 Å². The zero-order chi connectivity index (χ0) is 13.1. The summed E-state index contributed by atoms with van der Waals surface area (Å²) in [7, 11) is 0. The molecule has 1 aliphatic heterocycles. The maximum absolute atomic E-state index is 13.3. The molecule has 0 N–H and O–H groups in total. The highest BCUT2D eigenvalue weighted by molar-refractivity contribution is 5.81. The van der Waals surface area contributed by atoms with Crippen LogP contribution in [0.25, 0.3) is 0 Å². The van der Waals surface area contributed by atoms with Crippen molar-refractivity contribution < 1.29 is 13.9 Å². The summed E-state index contributed by atoms with van der Waals surface area (Å²) in [5.74, 6) is -0.489. The highest BCUT2D eigenvalue weighted by Crippen LogP contribution is 2.31. The van der Waals surface area contributed by atoms with E-state index in [0.717, 1.165) is 24.2 Å². The highest BCUT2D eigenvalue weighted by atomic mass is 19.1. The Labute approximate surface area is 107 Å². The van der Waals surface area contributed by atoms with E-state index in [4.69, 9.17) is 4.74 Å². The van der Waals surface area contributed by atoms with Gasteiger partial charge in [0.1, 0.15) is 11.9 Å². The number of hydrogen-bond acceptors (Lipinski definition) is 3. The number of esters is 1. The smallest absolute Gasteiger partial charge is 0.328 e. The van der Waals surface area contributed by atoms with Crippen LogP contribution >= 0.6 is 0 Å². The van der Waals surface area contributed by atoms with E-state index in [1.165, 1.54) is 12.1 Å². The van der Waals surface area contributed by atoms with E-state index in [-0.39, 0.29) is 17.8 Å². The monoisotopic (exact) mass is 251 g/mol. The van der Waals surface area contributed by atoms with Gasteiger partial charge in [-0.25, -0.2) is 9.18 Å². The third kappa shape index (κ3) is 2.33. The van der Waals surface area contributed by atoms with Gasteiger partial charge in [-0.3, -0.25) is 0 Å². The van der Waals surface area contributed by atoms with Crippen LogP contribution in [0.5, 0.6) is 0 Å². The molecule has 3 nitrogen and oxygen atoms in total. The predicted octanol–water partition coefficient (Wildman–Crippen LogP) is 2.53. The number of ether oxygens (including phenoxy) is 1. The Balaban J connectivity index is 2.25. The second kappa shape index (κ2) is 5.38. The molecule has 1 aromatic rings. The summed E-state index contributed by atoms with van der Waals surface area (Å²) < 4.78 is 18.4. The number of rotatable bonds is 4. The molecular formula is C14H18FNO2. The van der Waals surface area contributed by atoms with Gasteiger partial charge in [-0.2, -0.15) is 0 Å². The van der Waals surface area contributed by atoms with Crippen LogP contribution in [0.2, 0.25) is 0 Å². The molecule has 0 bridgehead atoms. The third-order valence-corrected chi connectivity index (χ3v) is 3.30. The Hall–Kier alpha value is -1.58. The summed E-state index contributed by atoms with van der Waals surface area (Å²) in [4.78, 5) is 13.9. The standard InChI is InChI=1S/C14H18FNO2/c1-3-12(14(17)18-4-2)16-8-7-10-5-6-11(15)9-13(10)16/h5-6,9,12H,3-4,7-8H2,1-2H3. The summed E-state index contributed by atoms with van der Waals surface area (Å²) in [5, 5.41) is 0. The van der Waals surface area contributed by atoms with Crippen molar-refractivity contribution in [2.75, 3.05) is 18.1 Å². The summed E-state index contributed by atoms with van der Waals surface area (Å²) in [6.07, 6.45) is 1.51. The number of halogens is 1. The Bertz CT molecular complexity index is 447. The number of carbonyl (C=O) groups excluding carboxylic acids is 1. The molecule has 0 fully saturated rings. The van der Waals surface area contributed by atoms with Gasteiger partial charge in [0.05, 0.1) is 6.61 Å². The molecule has 0 saturated heterocycles. The van der Waals surface area contributed by atoms with Gasteiger partial charge in [-0.15, -0.1) is 0 Å². The number of hydrogen-bond donors (Lipinski definition) is 0. The van der Waals surface area contributed by atoms with Crippen LogP contribution in [0.1, 0.15) is 25.8 Å². The molecule has 18 heavy (non-hydrogen) atoms. The number of benzene rings is 1. The predicted molar refractivity (Wildman–Crippen MR) is 68.2 cm³/mol. The minimum atomic E-state index is -0.312. The van der Waals surface area contributed by atoms with Crippen LogP contribution < -0.4 is 4.90 Å². The van der Waals surface area contributed by atoms with E-state index >= 15 is 0 Å². The molecule has 0 aromatic heterocycles. The Morgan fingerprint density at radius 3 is 2.94 bits per heavy atom. The van der Waals surface area contributed by atoms with Crippen molar-refractivity contribution in [3.63, 3.8) is 0 Å². The molecule has 1 aliphatic rings. The molecule has 2 rings (SSSR count). The Kier molecular flexibility index (Phi) is 3.84. The second-order valence-electron chi connectivity index (χ2n) is 4.39. The maximum atomic E-state index is 13.3. The number of anilines is 1. The SMILES string of the molecule is CCOC(=O)C(CC)N1CCc2ccc(F)cc21. The first-order valence-corrected chi connectivity index (χ1v) is 6.39. The fraction of sp³-hybridized carbons (Fsp3) is 0.500. The van der Waals surface area contributed by atoms with Crippen molar-refractivity contribution in [1.82, 2.24) is 0 Å². The number of nitrogens with zero attached hydrogens (tertiary/aromatic N) is 1. The molecule has 1 unspecified atom stereocenters. The minimum Gasteiger partial charge on any atom is -0.464 e. The van der Waals surface area contributed by atoms with Gasteiger partial charge in [0.15, 0.2) is 0 Å². The Morgan fingerprint density at radius 1 is 1.50 bits per heavy atom. The average Bonchev–Trinajstić information content (AvgIpc) is 2.74. The lowest BCUT2D eigenvalue weighted by atomic mass is 10.1. The lowest BCUT2D eigenvalue weighted by molar-refractivity contribution is -0.144. The maximum Gasteiger partial charge on any atom is 0.328 e. The highest BCUT2D eigenvalue weighted by Gasteiger charge is 2.30. The molecule has 1 atom stereocenters. The second-order valence-corrected chi connectivity index (χ2v) is 4.39. The number of fused-ring (bicyclic) bond motifs is 1. The van der Waals surface area contributed by atoms with Crippen LogP contribution in [-0.2, 0) is 16.0 Å². The van der Waals surface area contributed by atoms with Gasteiger partial charge in [-0.05, 0) is 37.5 Å². The third-order valence-electron chi connectivity index (χ3n) is 3.30. The minimum absolute atomic E-state index is 0.225. The van der Waals surface area contributed by atoms with Gasteiger partial charge in [0, 0.05) is 12.2 Å². The fourth-order valence-corrected chi connectivity index (χ4v) is 2.45. The van der Waals surface area contributed by atoms with Crippen LogP contribution in [0.3, 0.4) is 0 Å². The van der Waals surface area contributed by atoms with Crippen LogP contribution in [0, 0.1) is 5.82 Å². The summed E-state index contributed by atoms with van der Waals surface area (Å²) >= 11 is 0.